The smallest absolute Gasteiger partial charge is 0.335 e. The van der Waals surface area contributed by atoms with Gasteiger partial charge in [-0.05, 0) is 95.2 Å². The van der Waals surface area contributed by atoms with Crippen LogP contribution in [-0.2, 0) is 16.2 Å². The number of hydrogen-bond donors (Lipinski definition) is 1. The largest absolute Gasteiger partial charge is 0.490 e. The fourth-order valence-electron chi connectivity index (χ4n) is 3.42. The van der Waals surface area contributed by atoms with E-state index in [2.05, 4.69) is 43.8 Å². The van der Waals surface area contributed by atoms with E-state index in [9.17, 15) is 18.8 Å². The van der Waals surface area contributed by atoms with Crippen molar-refractivity contribution >= 4 is 68.1 Å². The van der Waals surface area contributed by atoms with E-state index in [0.717, 1.165) is 26.2 Å². The minimum absolute atomic E-state index is 0.130. The van der Waals surface area contributed by atoms with Crippen molar-refractivity contribution in [3.05, 3.63) is 91.2 Å². The zero-order valence-electron chi connectivity index (χ0n) is 18.9. The average Bonchev–Trinajstić information content (AvgIpc) is 2.84. The van der Waals surface area contributed by atoms with Gasteiger partial charge in [0.2, 0.25) is 0 Å². The molecule has 1 fully saturated rings. The number of carbonyl (C=O) groups is 3. The third kappa shape index (κ3) is 5.76. The number of ether oxygens (including phenoxy) is 2. The third-order valence-electron chi connectivity index (χ3n) is 5.16. The number of halogens is 3. The van der Waals surface area contributed by atoms with Crippen LogP contribution in [0.4, 0.5) is 14.9 Å². The fraction of sp³-hybridized carbons (Fsp3) is 0.115. The zero-order valence-corrected chi connectivity index (χ0v) is 22.6. The molecule has 0 radical (unpaired) electrons. The summed E-state index contributed by atoms with van der Waals surface area (Å²) in [5.41, 5.74) is 1.31. The topological polar surface area (TPSA) is 84.9 Å². The number of barbiturate groups is 1. The SMILES string of the molecule is CCOc1cc(/C=C2\C(=O)NC(=O)N(c3ccc(F)cc3)C2=O)c(Br)cc1OCc1ccc(I)cc1. The maximum Gasteiger partial charge on any atom is 0.335 e. The lowest BCUT2D eigenvalue weighted by atomic mass is 10.1. The van der Waals surface area contributed by atoms with Crippen LogP contribution < -0.4 is 19.7 Å². The Morgan fingerprint density at radius 1 is 1.00 bits per heavy atom. The van der Waals surface area contributed by atoms with E-state index < -0.39 is 23.7 Å². The Balaban J connectivity index is 1.65. The quantitative estimate of drug-likeness (QED) is 0.195. The summed E-state index contributed by atoms with van der Waals surface area (Å²) in [6, 6.07) is 15.1. The van der Waals surface area contributed by atoms with E-state index in [-0.39, 0.29) is 11.3 Å². The lowest BCUT2D eigenvalue weighted by molar-refractivity contribution is -0.122. The fourth-order valence-corrected chi connectivity index (χ4v) is 4.22. The molecule has 10 heteroatoms. The predicted molar refractivity (Wildman–Crippen MR) is 144 cm³/mol. The van der Waals surface area contributed by atoms with Gasteiger partial charge in [-0.15, -0.1) is 0 Å². The number of rotatable bonds is 7. The number of anilines is 1. The molecule has 0 spiro atoms. The molecule has 0 bridgehead atoms. The maximum absolute atomic E-state index is 13.3. The second kappa shape index (κ2) is 11.2. The van der Waals surface area contributed by atoms with Crippen LogP contribution in [0.15, 0.2) is 70.7 Å². The van der Waals surface area contributed by atoms with Gasteiger partial charge in [0.25, 0.3) is 11.8 Å². The number of hydrogen-bond acceptors (Lipinski definition) is 5. The standard InChI is InChI=1S/C26H19BrFIN2O5/c1-2-35-22-12-16(21(27)13-23(22)36-14-15-3-7-18(29)8-4-15)11-20-24(32)30-26(34)31(25(20)33)19-9-5-17(28)6-10-19/h3-13H,2,14H2,1H3,(H,30,32,34)/b20-11+. The molecule has 7 nitrogen and oxygen atoms in total. The minimum Gasteiger partial charge on any atom is -0.490 e. The highest BCUT2D eigenvalue weighted by atomic mass is 127. The van der Waals surface area contributed by atoms with Crippen molar-refractivity contribution in [3.63, 3.8) is 0 Å². The Hall–Kier alpha value is -3.25. The zero-order chi connectivity index (χ0) is 25.8. The summed E-state index contributed by atoms with van der Waals surface area (Å²) in [4.78, 5) is 38.8. The van der Waals surface area contributed by atoms with E-state index in [4.69, 9.17) is 9.47 Å². The second-order valence-corrected chi connectivity index (χ2v) is 9.70. The van der Waals surface area contributed by atoms with Gasteiger partial charge in [-0.1, -0.05) is 28.1 Å². The van der Waals surface area contributed by atoms with Gasteiger partial charge in [0.1, 0.15) is 18.0 Å². The van der Waals surface area contributed by atoms with Crippen LogP contribution in [0.5, 0.6) is 11.5 Å². The predicted octanol–water partition coefficient (Wildman–Crippen LogP) is 5.84. The highest BCUT2D eigenvalue weighted by molar-refractivity contribution is 14.1. The first-order valence-corrected chi connectivity index (χ1v) is 12.6. The molecular weight excluding hydrogens is 646 g/mol. The van der Waals surface area contributed by atoms with Gasteiger partial charge in [0.05, 0.1) is 12.3 Å². The Kier molecular flexibility index (Phi) is 8.04. The molecule has 1 N–H and O–H groups in total. The third-order valence-corrected chi connectivity index (χ3v) is 6.56. The van der Waals surface area contributed by atoms with Crippen LogP contribution in [0.1, 0.15) is 18.1 Å². The van der Waals surface area contributed by atoms with Crippen LogP contribution in [0, 0.1) is 9.39 Å². The molecule has 4 rings (SSSR count). The van der Waals surface area contributed by atoms with E-state index in [1.165, 1.54) is 18.2 Å². The summed E-state index contributed by atoms with van der Waals surface area (Å²) in [5.74, 6) is -1.29. The number of amides is 4. The summed E-state index contributed by atoms with van der Waals surface area (Å²) < 4.78 is 26.7. The summed E-state index contributed by atoms with van der Waals surface area (Å²) in [6.07, 6.45) is 1.36. The van der Waals surface area contributed by atoms with E-state index in [1.807, 2.05) is 31.2 Å². The number of nitrogens with one attached hydrogen (secondary N) is 1. The second-order valence-electron chi connectivity index (χ2n) is 7.60. The van der Waals surface area contributed by atoms with E-state index >= 15 is 0 Å². The Morgan fingerprint density at radius 3 is 2.33 bits per heavy atom. The molecule has 0 aliphatic carbocycles. The Morgan fingerprint density at radius 2 is 1.67 bits per heavy atom. The number of benzene rings is 3. The van der Waals surface area contributed by atoms with Crippen molar-refractivity contribution in [1.29, 1.82) is 0 Å². The molecule has 0 saturated carbocycles. The van der Waals surface area contributed by atoms with E-state index in [0.29, 0.717) is 34.7 Å². The number of carbonyl (C=O) groups excluding carboxylic acids is 3. The molecule has 184 valence electrons. The van der Waals surface area contributed by atoms with Gasteiger partial charge >= 0.3 is 6.03 Å². The van der Waals surface area contributed by atoms with Crippen LogP contribution >= 0.6 is 38.5 Å². The van der Waals surface area contributed by atoms with Gasteiger partial charge in [0, 0.05) is 8.04 Å². The van der Waals surface area contributed by atoms with Gasteiger partial charge in [-0.2, -0.15) is 0 Å². The number of nitrogens with zero attached hydrogens (tertiary/aromatic N) is 1. The number of imide groups is 2. The summed E-state index contributed by atoms with van der Waals surface area (Å²) in [5, 5.41) is 2.15. The van der Waals surface area contributed by atoms with Crippen molar-refractivity contribution in [1.82, 2.24) is 5.32 Å². The minimum atomic E-state index is -0.915. The van der Waals surface area contributed by atoms with Gasteiger partial charge < -0.3 is 9.47 Å². The van der Waals surface area contributed by atoms with Crippen LogP contribution in [-0.4, -0.2) is 24.5 Å². The molecule has 0 atom stereocenters. The van der Waals surface area contributed by atoms with Crippen LogP contribution in [0.2, 0.25) is 0 Å². The highest BCUT2D eigenvalue weighted by Gasteiger charge is 2.37. The summed E-state index contributed by atoms with van der Waals surface area (Å²) >= 11 is 5.70. The Bertz CT molecular complexity index is 1360. The molecule has 1 aliphatic heterocycles. The van der Waals surface area contributed by atoms with Crippen molar-refractivity contribution in [2.75, 3.05) is 11.5 Å². The normalized spacial score (nSPS) is 14.7. The van der Waals surface area contributed by atoms with Crippen molar-refractivity contribution in [2.24, 2.45) is 0 Å². The summed E-state index contributed by atoms with van der Waals surface area (Å²) in [6.45, 7) is 2.51. The van der Waals surface area contributed by atoms with Gasteiger partial charge in [0.15, 0.2) is 11.5 Å². The molecule has 36 heavy (non-hydrogen) atoms. The molecule has 0 unspecified atom stereocenters. The maximum atomic E-state index is 13.3. The van der Waals surface area contributed by atoms with Crippen molar-refractivity contribution in [3.8, 4) is 11.5 Å². The average molecular weight is 665 g/mol. The molecule has 1 aliphatic rings. The molecule has 3 aromatic rings. The molecule has 3 aromatic carbocycles. The van der Waals surface area contributed by atoms with E-state index in [1.54, 1.807) is 12.1 Å². The molecular formula is C26H19BrFIN2O5. The van der Waals surface area contributed by atoms with Gasteiger partial charge in [-0.3, -0.25) is 14.9 Å². The van der Waals surface area contributed by atoms with Gasteiger partial charge in [-0.25, -0.2) is 14.1 Å². The molecule has 1 saturated heterocycles. The van der Waals surface area contributed by atoms with Crippen LogP contribution in [0.3, 0.4) is 0 Å². The first-order chi connectivity index (χ1) is 17.3. The first kappa shape index (κ1) is 25.8. The Labute approximate surface area is 228 Å². The summed E-state index contributed by atoms with van der Waals surface area (Å²) in [7, 11) is 0. The first-order valence-electron chi connectivity index (χ1n) is 10.8. The van der Waals surface area contributed by atoms with Crippen molar-refractivity contribution < 1.29 is 28.2 Å². The number of urea groups is 1. The monoisotopic (exact) mass is 664 g/mol. The lowest BCUT2D eigenvalue weighted by Gasteiger charge is -2.26. The molecule has 0 aromatic heterocycles. The molecule has 4 amide bonds. The van der Waals surface area contributed by atoms with Crippen LogP contribution in [0.25, 0.3) is 6.08 Å². The lowest BCUT2D eigenvalue weighted by Crippen LogP contribution is -2.54. The highest BCUT2D eigenvalue weighted by Crippen LogP contribution is 2.36. The van der Waals surface area contributed by atoms with Crippen molar-refractivity contribution in [2.45, 2.75) is 13.5 Å². The molecule has 1 heterocycles.